The molecule has 1 fully saturated rings. The minimum atomic E-state index is 0.0885. The maximum absolute atomic E-state index is 11.7. The van der Waals surface area contributed by atoms with E-state index in [1.807, 2.05) is 10.3 Å². The fourth-order valence-electron chi connectivity index (χ4n) is 1.60. The fraction of sp³-hybridized carbons (Fsp3) is 0.556. The number of likely N-dealkylation sites (tertiary alicyclic amines) is 1. The Bertz CT molecular complexity index is 297. The molecule has 1 aromatic heterocycles. The van der Waals surface area contributed by atoms with Gasteiger partial charge in [0.15, 0.2) is 0 Å². The summed E-state index contributed by atoms with van der Waals surface area (Å²) in [4.78, 5) is 17.6. The predicted molar refractivity (Wildman–Crippen MR) is 51.8 cm³/mol. The van der Waals surface area contributed by atoms with E-state index in [0.717, 1.165) is 19.5 Å². The Morgan fingerprint density at radius 2 is 2.62 bits per heavy atom. The van der Waals surface area contributed by atoms with Crippen LogP contribution < -0.4 is 0 Å². The van der Waals surface area contributed by atoms with Crippen LogP contribution in [-0.2, 0) is 0 Å². The van der Waals surface area contributed by atoms with Gasteiger partial charge in [0.05, 0.1) is 5.51 Å². The van der Waals surface area contributed by atoms with Gasteiger partial charge in [0.1, 0.15) is 5.69 Å². The lowest BCUT2D eigenvalue weighted by atomic mass is 10.2. The zero-order chi connectivity index (χ0) is 9.26. The first-order chi connectivity index (χ1) is 6.27. The van der Waals surface area contributed by atoms with Crippen LogP contribution in [0.15, 0.2) is 10.9 Å². The van der Waals surface area contributed by atoms with Crippen LogP contribution in [0.3, 0.4) is 0 Å². The SMILES string of the molecule is CC1CCN(C(=O)c2cscn2)C1. The molecule has 0 spiro atoms. The highest BCUT2D eigenvalue weighted by Crippen LogP contribution is 2.17. The van der Waals surface area contributed by atoms with E-state index in [4.69, 9.17) is 0 Å². The number of carbonyl (C=O) groups excluding carboxylic acids is 1. The molecule has 0 radical (unpaired) electrons. The van der Waals surface area contributed by atoms with Crippen molar-refractivity contribution in [1.82, 2.24) is 9.88 Å². The van der Waals surface area contributed by atoms with Gasteiger partial charge < -0.3 is 4.90 Å². The van der Waals surface area contributed by atoms with Crippen LogP contribution in [0, 0.1) is 5.92 Å². The summed E-state index contributed by atoms with van der Waals surface area (Å²) < 4.78 is 0. The third-order valence-corrected chi connectivity index (χ3v) is 2.95. The molecule has 2 heterocycles. The highest BCUT2D eigenvalue weighted by Gasteiger charge is 2.24. The van der Waals surface area contributed by atoms with E-state index in [0.29, 0.717) is 11.6 Å². The molecule has 1 unspecified atom stereocenters. The van der Waals surface area contributed by atoms with Crippen molar-refractivity contribution in [3.8, 4) is 0 Å². The molecule has 3 nitrogen and oxygen atoms in total. The smallest absolute Gasteiger partial charge is 0.273 e. The summed E-state index contributed by atoms with van der Waals surface area (Å²) in [5, 5.41) is 1.81. The third kappa shape index (κ3) is 1.72. The summed E-state index contributed by atoms with van der Waals surface area (Å²) in [5.74, 6) is 0.730. The Morgan fingerprint density at radius 3 is 3.15 bits per heavy atom. The van der Waals surface area contributed by atoms with Gasteiger partial charge in [-0.25, -0.2) is 4.98 Å². The molecule has 0 aliphatic carbocycles. The van der Waals surface area contributed by atoms with Crippen LogP contribution in [0.5, 0.6) is 0 Å². The van der Waals surface area contributed by atoms with Gasteiger partial charge in [0, 0.05) is 18.5 Å². The maximum Gasteiger partial charge on any atom is 0.273 e. The zero-order valence-corrected chi connectivity index (χ0v) is 8.38. The van der Waals surface area contributed by atoms with Gasteiger partial charge in [-0.3, -0.25) is 4.79 Å². The van der Waals surface area contributed by atoms with Crippen LogP contribution >= 0.6 is 11.3 Å². The zero-order valence-electron chi connectivity index (χ0n) is 7.56. The third-order valence-electron chi connectivity index (χ3n) is 2.36. The summed E-state index contributed by atoms with van der Waals surface area (Å²) in [6.07, 6.45) is 1.12. The second-order valence-electron chi connectivity index (χ2n) is 3.52. The molecule has 2 rings (SSSR count). The lowest BCUT2D eigenvalue weighted by Crippen LogP contribution is -2.28. The van der Waals surface area contributed by atoms with Crippen LogP contribution in [0.25, 0.3) is 0 Å². The van der Waals surface area contributed by atoms with E-state index in [1.54, 1.807) is 5.51 Å². The number of thiazole rings is 1. The van der Waals surface area contributed by atoms with E-state index >= 15 is 0 Å². The second kappa shape index (κ2) is 3.46. The number of nitrogens with zero attached hydrogens (tertiary/aromatic N) is 2. The summed E-state index contributed by atoms with van der Waals surface area (Å²) >= 11 is 1.47. The van der Waals surface area contributed by atoms with Gasteiger partial charge in [-0.15, -0.1) is 11.3 Å². The first-order valence-electron chi connectivity index (χ1n) is 4.45. The van der Waals surface area contributed by atoms with Gasteiger partial charge in [-0.2, -0.15) is 0 Å². The lowest BCUT2D eigenvalue weighted by Gasteiger charge is -2.13. The Kier molecular flexibility index (Phi) is 2.31. The highest BCUT2D eigenvalue weighted by atomic mass is 32.1. The van der Waals surface area contributed by atoms with Crippen molar-refractivity contribution >= 4 is 17.2 Å². The minimum Gasteiger partial charge on any atom is -0.337 e. The molecule has 1 atom stereocenters. The average molecular weight is 196 g/mol. The molecule has 1 amide bonds. The van der Waals surface area contributed by atoms with E-state index in [1.165, 1.54) is 11.3 Å². The molecular formula is C9H12N2OS. The highest BCUT2D eigenvalue weighted by molar-refractivity contribution is 7.07. The first-order valence-corrected chi connectivity index (χ1v) is 5.39. The van der Waals surface area contributed by atoms with Gasteiger partial charge in [-0.05, 0) is 12.3 Å². The largest absolute Gasteiger partial charge is 0.337 e. The van der Waals surface area contributed by atoms with Gasteiger partial charge >= 0.3 is 0 Å². The molecule has 1 saturated heterocycles. The lowest BCUT2D eigenvalue weighted by molar-refractivity contribution is 0.0783. The Morgan fingerprint density at radius 1 is 1.77 bits per heavy atom. The van der Waals surface area contributed by atoms with Crippen LogP contribution in [0.2, 0.25) is 0 Å². The molecule has 0 saturated carbocycles. The number of carbonyl (C=O) groups is 1. The van der Waals surface area contributed by atoms with E-state index in [2.05, 4.69) is 11.9 Å². The molecule has 1 aliphatic heterocycles. The minimum absolute atomic E-state index is 0.0885. The van der Waals surface area contributed by atoms with Gasteiger partial charge in [0.25, 0.3) is 5.91 Å². The fourth-order valence-corrected chi connectivity index (χ4v) is 2.13. The van der Waals surface area contributed by atoms with Crippen LogP contribution in [-0.4, -0.2) is 28.9 Å². The molecule has 0 bridgehead atoms. The molecule has 4 heteroatoms. The average Bonchev–Trinajstić information content (AvgIpc) is 2.72. The number of rotatable bonds is 1. The molecule has 13 heavy (non-hydrogen) atoms. The Hall–Kier alpha value is -0.900. The number of amides is 1. The number of aromatic nitrogens is 1. The van der Waals surface area contributed by atoms with E-state index in [9.17, 15) is 4.79 Å². The van der Waals surface area contributed by atoms with Gasteiger partial charge in [0.2, 0.25) is 0 Å². The summed E-state index contributed by atoms with van der Waals surface area (Å²) in [6.45, 7) is 3.95. The van der Waals surface area contributed by atoms with Crippen molar-refractivity contribution in [3.05, 3.63) is 16.6 Å². The Balaban J connectivity index is 2.06. The van der Waals surface area contributed by atoms with Crippen molar-refractivity contribution in [2.45, 2.75) is 13.3 Å². The summed E-state index contributed by atoms with van der Waals surface area (Å²) in [7, 11) is 0. The quantitative estimate of drug-likeness (QED) is 0.684. The second-order valence-corrected chi connectivity index (χ2v) is 4.24. The monoisotopic (exact) mass is 196 g/mol. The standard InChI is InChI=1S/C9H12N2OS/c1-7-2-3-11(4-7)9(12)8-5-13-6-10-8/h5-7H,2-4H2,1H3. The number of hydrogen-bond donors (Lipinski definition) is 0. The molecule has 1 aliphatic rings. The van der Waals surface area contributed by atoms with Crippen molar-refractivity contribution < 1.29 is 4.79 Å². The van der Waals surface area contributed by atoms with Crippen LogP contribution in [0.4, 0.5) is 0 Å². The summed E-state index contributed by atoms with van der Waals surface area (Å²) in [6, 6.07) is 0. The molecule has 1 aromatic rings. The topological polar surface area (TPSA) is 33.2 Å². The van der Waals surface area contributed by atoms with E-state index < -0.39 is 0 Å². The summed E-state index contributed by atoms with van der Waals surface area (Å²) in [5.41, 5.74) is 2.30. The molecule has 0 aromatic carbocycles. The van der Waals surface area contributed by atoms with Crippen molar-refractivity contribution in [2.75, 3.05) is 13.1 Å². The normalized spacial score (nSPS) is 22.2. The first kappa shape index (κ1) is 8.69. The van der Waals surface area contributed by atoms with Crippen LogP contribution in [0.1, 0.15) is 23.8 Å². The van der Waals surface area contributed by atoms with E-state index in [-0.39, 0.29) is 5.91 Å². The number of hydrogen-bond acceptors (Lipinski definition) is 3. The Labute approximate surface area is 81.4 Å². The van der Waals surface area contributed by atoms with Crippen molar-refractivity contribution in [1.29, 1.82) is 0 Å². The maximum atomic E-state index is 11.7. The molecule has 0 N–H and O–H groups in total. The van der Waals surface area contributed by atoms with Crippen molar-refractivity contribution in [2.24, 2.45) is 5.92 Å². The predicted octanol–water partition coefficient (Wildman–Crippen LogP) is 1.63. The van der Waals surface area contributed by atoms with Crippen molar-refractivity contribution in [3.63, 3.8) is 0 Å². The van der Waals surface area contributed by atoms with Gasteiger partial charge in [-0.1, -0.05) is 6.92 Å². The molecule has 70 valence electrons. The molecular weight excluding hydrogens is 184 g/mol.